The molecule has 1 heterocycles. The molecule has 0 aromatic heterocycles. The Labute approximate surface area is 144 Å². The highest BCUT2D eigenvalue weighted by atomic mass is 32.2. The molecule has 0 spiro atoms. The summed E-state index contributed by atoms with van der Waals surface area (Å²) >= 11 is 0. The lowest BCUT2D eigenvalue weighted by molar-refractivity contribution is -0.309. The molecule has 1 N–H and O–H groups in total. The Morgan fingerprint density at radius 2 is 1.84 bits per heavy atom. The molecule has 136 valence electrons. The number of anilines is 1. The van der Waals surface area contributed by atoms with Gasteiger partial charge in [-0.15, -0.1) is 0 Å². The Kier molecular flexibility index (Phi) is 5.75. The molecule has 0 saturated carbocycles. The van der Waals surface area contributed by atoms with E-state index >= 15 is 0 Å². The number of aliphatic carboxylic acids is 2. The highest BCUT2D eigenvalue weighted by Gasteiger charge is 2.24. The van der Waals surface area contributed by atoms with Crippen molar-refractivity contribution in [1.82, 2.24) is 4.72 Å². The molecule has 1 aliphatic heterocycles. The smallest absolute Gasteiger partial charge is 0.241 e. The van der Waals surface area contributed by atoms with Crippen LogP contribution in [0.3, 0.4) is 0 Å². The van der Waals surface area contributed by atoms with Gasteiger partial charge < -0.3 is 24.7 Å². The summed E-state index contributed by atoms with van der Waals surface area (Å²) in [6.45, 7) is 0.555. The van der Waals surface area contributed by atoms with E-state index in [1.54, 1.807) is 0 Å². The molecule has 25 heavy (non-hydrogen) atoms. The standard InChI is InChI=1S/C15H18N2O7S/c18-13-2-1-9-17(13)10-3-5-11(6-4-10)25(23,24)16-12(15(21)22)7-8-14(19)20/h3-6,12,16H,1-2,7-9H2,(H,19,20)(H,21,22)/p-2/t12-/m1/s1. The second-order valence-electron chi connectivity index (χ2n) is 5.55. The van der Waals surface area contributed by atoms with Crippen LogP contribution in [0.4, 0.5) is 5.69 Å². The molecule has 1 aromatic rings. The molecule has 1 aliphatic rings. The zero-order chi connectivity index (χ0) is 18.6. The maximum atomic E-state index is 12.2. The summed E-state index contributed by atoms with van der Waals surface area (Å²) < 4.78 is 26.4. The number of carboxylic acid groups (broad SMARTS) is 2. The minimum atomic E-state index is -4.19. The molecular weight excluding hydrogens is 352 g/mol. The average Bonchev–Trinajstić information content (AvgIpc) is 2.97. The molecule has 0 aliphatic carbocycles. The first kappa shape index (κ1) is 18.9. The quantitative estimate of drug-likeness (QED) is 0.545. The number of amides is 1. The first-order chi connectivity index (χ1) is 11.7. The Morgan fingerprint density at radius 1 is 1.20 bits per heavy atom. The summed E-state index contributed by atoms with van der Waals surface area (Å²) in [6.07, 6.45) is 0.0426. The van der Waals surface area contributed by atoms with Gasteiger partial charge in [0.25, 0.3) is 0 Å². The molecule has 1 aromatic carbocycles. The maximum absolute atomic E-state index is 12.2. The van der Waals surface area contributed by atoms with Crippen LogP contribution in [0.1, 0.15) is 25.7 Å². The van der Waals surface area contributed by atoms with Crippen molar-refractivity contribution in [2.75, 3.05) is 11.4 Å². The first-order valence-corrected chi connectivity index (χ1v) is 9.02. The molecule has 1 atom stereocenters. The van der Waals surface area contributed by atoms with Crippen molar-refractivity contribution in [3.05, 3.63) is 24.3 Å². The lowest BCUT2D eigenvalue weighted by atomic mass is 10.2. The van der Waals surface area contributed by atoms with E-state index < -0.39 is 40.8 Å². The lowest BCUT2D eigenvalue weighted by Crippen LogP contribution is -2.48. The van der Waals surface area contributed by atoms with Gasteiger partial charge in [-0.1, -0.05) is 0 Å². The maximum Gasteiger partial charge on any atom is 0.241 e. The molecule has 10 heteroatoms. The van der Waals surface area contributed by atoms with E-state index in [0.29, 0.717) is 18.7 Å². The van der Waals surface area contributed by atoms with E-state index in [2.05, 4.69) is 0 Å². The fourth-order valence-corrected chi connectivity index (χ4v) is 3.69. The zero-order valence-corrected chi connectivity index (χ0v) is 14.0. The van der Waals surface area contributed by atoms with Crippen molar-refractivity contribution >= 4 is 33.6 Å². The largest absolute Gasteiger partial charge is 0.550 e. The average molecular weight is 368 g/mol. The fourth-order valence-electron chi connectivity index (χ4n) is 2.47. The summed E-state index contributed by atoms with van der Waals surface area (Å²) in [5.74, 6) is -3.28. The Morgan fingerprint density at radius 3 is 2.32 bits per heavy atom. The van der Waals surface area contributed by atoms with Crippen LogP contribution >= 0.6 is 0 Å². The molecule has 2 rings (SSSR count). The highest BCUT2D eigenvalue weighted by molar-refractivity contribution is 7.89. The van der Waals surface area contributed by atoms with Crippen LogP contribution < -0.4 is 19.8 Å². The van der Waals surface area contributed by atoms with Crippen molar-refractivity contribution < 1.29 is 33.0 Å². The van der Waals surface area contributed by atoms with Gasteiger partial charge in [-0.25, -0.2) is 13.1 Å². The SMILES string of the molecule is O=C([O-])CC[C@@H](NS(=O)(=O)c1ccc(N2CCCC2=O)cc1)C(=O)[O-]. The monoisotopic (exact) mass is 368 g/mol. The zero-order valence-electron chi connectivity index (χ0n) is 13.1. The number of carboxylic acids is 2. The normalized spacial score (nSPS) is 16.0. The summed E-state index contributed by atoms with van der Waals surface area (Å²) in [6, 6.07) is 3.70. The third-order valence-electron chi connectivity index (χ3n) is 3.75. The van der Waals surface area contributed by atoms with E-state index in [1.165, 1.54) is 29.2 Å². The summed E-state index contributed by atoms with van der Waals surface area (Å²) in [7, 11) is -4.19. The van der Waals surface area contributed by atoms with Crippen molar-refractivity contribution in [2.45, 2.75) is 36.6 Å². The molecule has 0 unspecified atom stereocenters. The number of nitrogens with one attached hydrogen (secondary N) is 1. The third-order valence-corrected chi connectivity index (χ3v) is 5.24. The minimum absolute atomic E-state index is 0.0481. The van der Waals surface area contributed by atoms with Crippen LogP contribution in [0, 0.1) is 0 Å². The van der Waals surface area contributed by atoms with E-state index in [0.717, 1.165) is 6.42 Å². The second-order valence-corrected chi connectivity index (χ2v) is 7.26. The van der Waals surface area contributed by atoms with Gasteiger partial charge in [-0.05, 0) is 43.5 Å². The molecular formula is C15H16N2O7S-2. The van der Waals surface area contributed by atoms with E-state index in [1.807, 2.05) is 4.72 Å². The number of hydrogen-bond donors (Lipinski definition) is 1. The minimum Gasteiger partial charge on any atom is -0.550 e. The Hall–Kier alpha value is -2.46. The predicted octanol–water partition coefficient (Wildman–Crippen LogP) is -2.26. The summed E-state index contributed by atoms with van der Waals surface area (Å²) in [5, 5.41) is 21.4. The van der Waals surface area contributed by atoms with Gasteiger partial charge in [-0.3, -0.25) is 4.79 Å². The first-order valence-electron chi connectivity index (χ1n) is 7.54. The van der Waals surface area contributed by atoms with Gasteiger partial charge >= 0.3 is 0 Å². The number of benzene rings is 1. The van der Waals surface area contributed by atoms with Crippen LogP contribution in [0.15, 0.2) is 29.2 Å². The number of sulfonamides is 1. The third kappa shape index (κ3) is 4.77. The van der Waals surface area contributed by atoms with Crippen molar-refractivity contribution in [3.8, 4) is 0 Å². The summed E-state index contributed by atoms with van der Waals surface area (Å²) in [4.78, 5) is 34.4. The van der Waals surface area contributed by atoms with Crippen molar-refractivity contribution in [3.63, 3.8) is 0 Å². The van der Waals surface area contributed by atoms with Crippen LogP contribution in [0.2, 0.25) is 0 Å². The van der Waals surface area contributed by atoms with Crippen LogP contribution in [-0.2, 0) is 24.4 Å². The molecule has 1 fully saturated rings. The summed E-state index contributed by atoms with van der Waals surface area (Å²) in [5.41, 5.74) is 0.551. The van der Waals surface area contributed by atoms with Crippen LogP contribution in [0.5, 0.6) is 0 Å². The van der Waals surface area contributed by atoms with Gasteiger partial charge in [-0.2, -0.15) is 0 Å². The molecule has 0 bridgehead atoms. The van der Waals surface area contributed by atoms with E-state index in [-0.39, 0.29) is 10.8 Å². The fraction of sp³-hybridized carbons (Fsp3) is 0.400. The van der Waals surface area contributed by atoms with E-state index in [9.17, 15) is 33.0 Å². The van der Waals surface area contributed by atoms with Gasteiger partial charge in [0, 0.05) is 24.6 Å². The van der Waals surface area contributed by atoms with Crippen LogP contribution in [-0.4, -0.2) is 38.9 Å². The van der Waals surface area contributed by atoms with Crippen molar-refractivity contribution in [2.24, 2.45) is 0 Å². The number of carbonyl (C=O) groups is 3. The number of carbonyl (C=O) groups excluding carboxylic acids is 3. The topological polar surface area (TPSA) is 147 Å². The number of rotatable bonds is 8. The van der Waals surface area contributed by atoms with Gasteiger partial charge in [0.15, 0.2) is 0 Å². The predicted molar refractivity (Wildman–Crippen MR) is 81.4 cm³/mol. The molecule has 1 amide bonds. The van der Waals surface area contributed by atoms with Crippen LogP contribution in [0.25, 0.3) is 0 Å². The highest BCUT2D eigenvalue weighted by Crippen LogP contribution is 2.23. The second kappa shape index (κ2) is 7.62. The van der Waals surface area contributed by atoms with E-state index in [4.69, 9.17) is 0 Å². The number of nitrogens with zero attached hydrogens (tertiary/aromatic N) is 1. The molecule has 1 saturated heterocycles. The lowest BCUT2D eigenvalue weighted by Gasteiger charge is -2.20. The number of hydrogen-bond acceptors (Lipinski definition) is 7. The molecule has 0 radical (unpaired) electrons. The van der Waals surface area contributed by atoms with Gasteiger partial charge in [0.2, 0.25) is 15.9 Å². The Bertz CT molecular complexity index is 774. The van der Waals surface area contributed by atoms with Gasteiger partial charge in [0.05, 0.1) is 16.9 Å². The van der Waals surface area contributed by atoms with Crippen molar-refractivity contribution in [1.29, 1.82) is 0 Å². The Balaban J connectivity index is 2.13. The molecule has 9 nitrogen and oxygen atoms in total. The van der Waals surface area contributed by atoms with Gasteiger partial charge in [0.1, 0.15) is 0 Å².